The minimum Gasteiger partial charge on any atom is -0.326 e. The molecule has 32 heavy (non-hydrogen) atoms. The minimum absolute atomic E-state index is 0.0514. The summed E-state index contributed by atoms with van der Waals surface area (Å²) in [6.07, 6.45) is 0. The highest BCUT2D eigenvalue weighted by Gasteiger charge is 2.28. The molecule has 2 N–H and O–H groups in total. The molecular weight excluding hydrogens is 450 g/mol. The van der Waals surface area contributed by atoms with Crippen molar-refractivity contribution in [2.45, 2.75) is 18.7 Å². The van der Waals surface area contributed by atoms with Crippen LogP contribution in [0.4, 0.5) is 17.1 Å². The van der Waals surface area contributed by atoms with Crippen LogP contribution in [-0.2, 0) is 19.6 Å². The van der Waals surface area contributed by atoms with Crippen LogP contribution in [0, 0.1) is 6.92 Å². The Morgan fingerprint density at radius 3 is 2.00 bits per heavy atom. The van der Waals surface area contributed by atoms with Crippen molar-refractivity contribution >= 4 is 50.5 Å². The van der Waals surface area contributed by atoms with E-state index in [-0.39, 0.29) is 21.5 Å². The fraction of sp³-hybridized carbons (Fsp3) is 0.130. The number of nitrogens with zero attached hydrogens (tertiary/aromatic N) is 1. The summed E-state index contributed by atoms with van der Waals surface area (Å²) in [5.74, 6) is -0.758. The maximum absolute atomic E-state index is 13.4. The van der Waals surface area contributed by atoms with E-state index in [1.165, 1.54) is 19.1 Å². The SMILES string of the molecule is CC(=O)Nc1ccc(NC(=O)CN(c2ccccc2Cl)S(=O)(=O)c2ccc(C)cc2)cc1. The van der Waals surface area contributed by atoms with E-state index >= 15 is 0 Å². The molecule has 2 amide bonds. The lowest BCUT2D eigenvalue weighted by molar-refractivity contribution is -0.115. The number of nitrogens with one attached hydrogen (secondary N) is 2. The van der Waals surface area contributed by atoms with E-state index in [0.717, 1.165) is 9.87 Å². The number of aryl methyl sites for hydroxylation is 1. The number of para-hydroxylation sites is 1. The third-order valence-corrected chi connectivity index (χ3v) is 6.60. The predicted octanol–water partition coefficient (Wildman–Crippen LogP) is 4.44. The molecule has 0 heterocycles. The fourth-order valence-corrected chi connectivity index (χ4v) is 4.69. The Labute approximate surface area is 192 Å². The van der Waals surface area contributed by atoms with E-state index in [1.807, 2.05) is 6.92 Å². The second kappa shape index (κ2) is 9.84. The average molecular weight is 472 g/mol. The van der Waals surface area contributed by atoms with Crippen LogP contribution in [-0.4, -0.2) is 26.8 Å². The van der Waals surface area contributed by atoms with E-state index in [2.05, 4.69) is 10.6 Å². The van der Waals surface area contributed by atoms with Gasteiger partial charge in [0.15, 0.2) is 0 Å². The smallest absolute Gasteiger partial charge is 0.264 e. The molecule has 0 radical (unpaired) electrons. The number of benzene rings is 3. The lowest BCUT2D eigenvalue weighted by atomic mass is 10.2. The van der Waals surface area contributed by atoms with E-state index in [0.29, 0.717) is 11.4 Å². The number of amides is 2. The lowest BCUT2D eigenvalue weighted by Gasteiger charge is -2.25. The molecule has 0 spiro atoms. The number of halogens is 1. The molecule has 0 saturated heterocycles. The minimum atomic E-state index is -4.06. The van der Waals surface area contributed by atoms with Crippen LogP contribution in [0.5, 0.6) is 0 Å². The summed E-state index contributed by atoms with van der Waals surface area (Å²) in [5.41, 5.74) is 2.14. The molecule has 0 bridgehead atoms. The summed E-state index contributed by atoms with van der Waals surface area (Å²) < 4.78 is 27.7. The van der Waals surface area contributed by atoms with Crippen LogP contribution in [0.15, 0.2) is 77.7 Å². The molecule has 0 fully saturated rings. The van der Waals surface area contributed by atoms with Crippen LogP contribution in [0.1, 0.15) is 12.5 Å². The third-order valence-electron chi connectivity index (χ3n) is 4.51. The van der Waals surface area contributed by atoms with Gasteiger partial charge in [0.1, 0.15) is 6.54 Å². The van der Waals surface area contributed by atoms with Crippen molar-refractivity contribution in [3.8, 4) is 0 Å². The van der Waals surface area contributed by atoms with Gasteiger partial charge in [0.25, 0.3) is 10.0 Å². The zero-order valence-corrected chi connectivity index (χ0v) is 19.1. The van der Waals surface area contributed by atoms with Gasteiger partial charge in [-0.25, -0.2) is 8.42 Å². The van der Waals surface area contributed by atoms with Crippen molar-refractivity contribution in [2.24, 2.45) is 0 Å². The highest BCUT2D eigenvalue weighted by atomic mass is 35.5. The number of rotatable bonds is 7. The van der Waals surface area contributed by atoms with Crippen molar-refractivity contribution in [1.82, 2.24) is 0 Å². The monoisotopic (exact) mass is 471 g/mol. The molecule has 0 aliphatic heterocycles. The van der Waals surface area contributed by atoms with Crippen LogP contribution in [0.2, 0.25) is 5.02 Å². The summed E-state index contributed by atoms with van der Waals surface area (Å²) in [6, 6.07) is 19.3. The lowest BCUT2D eigenvalue weighted by Crippen LogP contribution is -2.38. The molecule has 0 unspecified atom stereocenters. The van der Waals surface area contributed by atoms with Crippen LogP contribution >= 0.6 is 11.6 Å². The number of hydrogen-bond acceptors (Lipinski definition) is 4. The Kier molecular flexibility index (Phi) is 7.17. The van der Waals surface area contributed by atoms with Gasteiger partial charge in [0, 0.05) is 18.3 Å². The molecule has 7 nitrogen and oxygen atoms in total. The maximum atomic E-state index is 13.4. The van der Waals surface area contributed by atoms with E-state index in [9.17, 15) is 18.0 Å². The number of carbonyl (C=O) groups excluding carboxylic acids is 2. The quantitative estimate of drug-likeness (QED) is 0.532. The standard InChI is InChI=1S/C23H22ClN3O4S/c1-16-7-13-20(14-8-16)32(30,31)27(22-6-4-3-5-21(22)24)15-23(29)26-19-11-9-18(10-12-19)25-17(2)28/h3-14H,15H2,1-2H3,(H,25,28)(H,26,29). The first kappa shape index (κ1) is 23.3. The summed E-state index contributed by atoms with van der Waals surface area (Å²) >= 11 is 6.27. The fourth-order valence-electron chi connectivity index (χ4n) is 2.96. The van der Waals surface area contributed by atoms with Gasteiger partial charge in [0.05, 0.1) is 15.6 Å². The van der Waals surface area contributed by atoms with Crippen LogP contribution in [0.3, 0.4) is 0 Å². The van der Waals surface area contributed by atoms with Gasteiger partial charge in [0.2, 0.25) is 11.8 Å². The first-order valence-electron chi connectivity index (χ1n) is 9.68. The third kappa shape index (κ3) is 5.66. The largest absolute Gasteiger partial charge is 0.326 e. The maximum Gasteiger partial charge on any atom is 0.264 e. The first-order chi connectivity index (χ1) is 15.2. The highest BCUT2D eigenvalue weighted by molar-refractivity contribution is 7.92. The van der Waals surface area contributed by atoms with Crippen molar-refractivity contribution < 1.29 is 18.0 Å². The van der Waals surface area contributed by atoms with Crippen molar-refractivity contribution in [2.75, 3.05) is 21.5 Å². The van der Waals surface area contributed by atoms with Gasteiger partial charge in [-0.3, -0.25) is 13.9 Å². The summed E-state index contributed by atoms with van der Waals surface area (Å²) in [7, 11) is -4.06. The van der Waals surface area contributed by atoms with Gasteiger partial charge in [-0.1, -0.05) is 41.4 Å². The van der Waals surface area contributed by atoms with Gasteiger partial charge in [-0.2, -0.15) is 0 Å². The molecule has 0 aromatic heterocycles. The molecule has 0 aliphatic carbocycles. The van der Waals surface area contributed by atoms with E-state index in [1.54, 1.807) is 60.7 Å². The Morgan fingerprint density at radius 2 is 1.44 bits per heavy atom. The summed E-state index contributed by atoms with van der Waals surface area (Å²) in [5, 5.41) is 5.51. The number of sulfonamides is 1. The zero-order chi connectivity index (χ0) is 23.3. The number of carbonyl (C=O) groups is 2. The number of hydrogen-bond donors (Lipinski definition) is 2. The molecule has 9 heteroatoms. The van der Waals surface area contributed by atoms with Crippen molar-refractivity contribution in [1.29, 1.82) is 0 Å². The summed E-state index contributed by atoms with van der Waals surface area (Å²) in [4.78, 5) is 24.0. The van der Waals surface area contributed by atoms with E-state index in [4.69, 9.17) is 11.6 Å². The second-order valence-corrected chi connectivity index (χ2v) is 9.35. The zero-order valence-electron chi connectivity index (χ0n) is 17.5. The Balaban J connectivity index is 1.87. The van der Waals surface area contributed by atoms with E-state index < -0.39 is 22.5 Å². The first-order valence-corrected chi connectivity index (χ1v) is 11.5. The predicted molar refractivity (Wildman–Crippen MR) is 127 cm³/mol. The van der Waals surface area contributed by atoms with Gasteiger partial charge in [-0.15, -0.1) is 0 Å². The molecular formula is C23H22ClN3O4S. The molecule has 3 aromatic carbocycles. The van der Waals surface area contributed by atoms with Crippen molar-refractivity contribution in [3.63, 3.8) is 0 Å². The Bertz CT molecular complexity index is 1230. The van der Waals surface area contributed by atoms with Gasteiger partial charge < -0.3 is 10.6 Å². The topological polar surface area (TPSA) is 95.6 Å². The summed E-state index contributed by atoms with van der Waals surface area (Å²) in [6.45, 7) is 2.77. The molecule has 3 rings (SSSR count). The Morgan fingerprint density at radius 1 is 0.875 bits per heavy atom. The van der Waals surface area contributed by atoms with Crippen LogP contribution < -0.4 is 14.9 Å². The Hall–Kier alpha value is -3.36. The molecule has 0 atom stereocenters. The van der Waals surface area contributed by atoms with Gasteiger partial charge in [-0.05, 0) is 55.5 Å². The highest BCUT2D eigenvalue weighted by Crippen LogP contribution is 2.30. The molecule has 0 saturated carbocycles. The van der Waals surface area contributed by atoms with Crippen molar-refractivity contribution in [3.05, 3.63) is 83.4 Å². The van der Waals surface area contributed by atoms with Gasteiger partial charge >= 0.3 is 0 Å². The number of anilines is 3. The second-order valence-electron chi connectivity index (χ2n) is 7.08. The molecule has 0 aliphatic rings. The normalized spacial score (nSPS) is 11.0. The average Bonchev–Trinajstić information content (AvgIpc) is 2.74. The molecule has 166 valence electrons. The molecule has 3 aromatic rings. The van der Waals surface area contributed by atoms with Crippen LogP contribution in [0.25, 0.3) is 0 Å².